The summed E-state index contributed by atoms with van der Waals surface area (Å²) in [6.45, 7) is 0. The molecule has 0 saturated heterocycles. The Morgan fingerprint density at radius 2 is 2.31 bits per heavy atom. The summed E-state index contributed by atoms with van der Waals surface area (Å²) >= 11 is 0. The highest BCUT2D eigenvalue weighted by Crippen LogP contribution is 2.28. The molecule has 1 fully saturated rings. The van der Waals surface area contributed by atoms with Crippen LogP contribution >= 0.6 is 0 Å². The third kappa shape index (κ3) is 1.56. The second-order valence-electron chi connectivity index (χ2n) is 4.13. The molecule has 1 aliphatic carbocycles. The molecule has 4 nitrogen and oxygen atoms in total. The van der Waals surface area contributed by atoms with E-state index in [1.165, 1.54) is 0 Å². The van der Waals surface area contributed by atoms with E-state index in [1.807, 2.05) is 6.07 Å². The topological polar surface area (TPSA) is 55.0 Å². The molecule has 1 saturated carbocycles. The Morgan fingerprint density at radius 1 is 1.44 bits per heavy atom. The molecular formula is C12H12N2O2. The van der Waals surface area contributed by atoms with Crippen LogP contribution in [0.2, 0.25) is 0 Å². The Labute approximate surface area is 92.6 Å². The van der Waals surface area contributed by atoms with Crippen LogP contribution in [0.4, 0.5) is 0 Å². The number of ether oxygens (including phenoxy) is 1. The van der Waals surface area contributed by atoms with E-state index in [2.05, 4.69) is 9.97 Å². The lowest BCUT2D eigenvalue weighted by atomic mass is 9.86. The van der Waals surface area contributed by atoms with Crippen molar-refractivity contribution in [3.8, 4) is 5.75 Å². The zero-order valence-electron chi connectivity index (χ0n) is 8.77. The lowest BCUT2D eigenvalue weighted by molar-refractivity contribution is -0.141. The molecule has 1 aromatic heterocycles. The second kappa shape index (κ2) is 3.63. The van der Waals surface area contributed by atoms with Gasteiger partial charge in [-0.05, 0) is 25.0 Å². The molecule has 0 bridgehead atoms. The molecule has 0 radical (unpaired) electrons. The highest BCUT2D eigenvalue weighted by atomic mass is 16.5. The average Bonchev–Trinajstić information content (AvgIpc) is 2.61. The van der Waals surface area contributed by atoms with E-state index >= 15 is 0 Å². The number of imidazole rings is 1. The minimum atomic E-state index is -0.106. The van der Waals surface area contributed by atoms with Gasteiger partial charge >= 0.3 is 5.97 Å². The standard InChI is InChI=1S/C12H12N2O2/c15-12(8-2-1-3-8)16-9-4-5-10-11(6-9)14-7-13-10/h4-8H,1-3H2,(H,13,14). The number of aromatic nitrogens is 2. The minimum absolute atomic E-state index is 0.106. The maximum Gasteiger partial charge on any atom is 0.314 e. The number of carbonyl (C=O) groups is 1. The van der Waals surface area contributed by atoms with Crippen LogP contribution in [-0.4, -0.2) is 15.9 Å². The molecule has 1 aliphatic rings. The zero-order chi connectivity index (χ0) is 11.0. The molecular weight excluding hydrogens is 204 g/mol. The van der Waals surface area contributed by atoms with Gasteiger partial charge in [-0.1, -0.05) is 6.42 Å². The van der Waals surface area contributed by atoms with Crippen LogP contribution in [0.25, 0.3) is 11.0 Å². The van der Waals surface area contributed by atoms with Crippen molar-refractivity contribution >= 4 is 17.0 Å². The van der Waals surface area contributed by atoms with Crippen LogP contribution in [-0.2, 0) is 4.79 Å². The number of hydrogen-bond donors (Lipinski definition) is 1. The molecule has 0 atom stereocenters. The van der Waals surface area contributed by atoms with E-state index < -0.39 is 0 Å². The Hall–Kier alpha value is -1.84. The van der Waals surface area contributed by atoms with Crippen molar-refractivity contribution in [3.05, 3.63) is 24.5 Å². The van der Waals surface area contributed by atoms with Gasteiger partial charge in [-0.15, -0.1) is 0 Å². The van der Waals surface area contributed by atoms with Crippen LogP contribution in [0.3, 0.4) is 0 Å². The lowest BCUT2D eigenvalue weighted by Crippen LogP contribution is -2.26. The van der Waals surface area contributed by atoms with E-state index in [0.29, 0.717) is 5.75 Å². The number of hydrogen-bond acceptors (Lipinski definition) is 3. The monoisotopic (exact) mass is 216 g/mol. The fourth-order valence-electron chi connectivity index (χ4n) is 1.82. The summed E-state index contributed by atoms with van der Waals surface area (Å²) in [4.78, 5) is 18.7. The van der Waals surface area contributed by atoms with Gasteiger partial charge in [-0.2, -0.15) is 0 Å². The highest BCUT2D eigenvalue weighted by molar-refractivity contribution is 5.79. The fourth-order valence-corrected chi connectivity index (χ4v) is 1.82. The zero-order valence-corrected chi connectivity index (χ0v) is 8.77. The molecule has 0 aliphatic heterocycles. The van der Waals surface area contributed by atoms with Crippen LogP contribution < -0.4 is 4.74 Å². The maximum absolute atomic E-state index is 11.6. The summed E-state index contributed by atoms with van der Waals surface area (Å²) in [5.74, 6) is 0.594. The Bertz CT molecular complexity index is 529. The Kier molecular flexibility index (Phi) is 2.13. The van der Waals surface area contributed by atoms with Gasteiger partial charge in [0.05, 0.1) is 23.3 Å². The average molecular weight is 216 g/mol. The van der Waals surface area contributed by atoms with E-state index in [-0.39, 0.29) is 11.9 Å². The van der Waals surface area contributed by atoms with Crippen LogP contribution in [0.1, 0.15) is 19.3 Å². The molecule has 16 heavy (non-hydrogen) atoms. The van der Waals surface area contributed by atoms with E-state index in [4.69, 9.17) is 4.74 Å². The number of H-pyrrole nitrogens is 1. The Morgan fingerprint density at radius 3 is 3.06 bits per heavy atom. The number of esters is 1. The van der Waals surface area contributed by atoms with Crippen molar-refractivity contribution in [2.75, 3.05) is 0 Å². The SMILES string of the molecule is O=C(Oc1ccc2nc[nH]c2c1)C1CCC1. The smallest absolute Gasteiger partial charge is 0.314 e. The van der Waals surface area contributed by atoms with Gasteiger partial charge in [0.25, 0.3) is 0 Å². The summed E-state index contributed by atoms with van der Waals surface area (Å²) in [6.07, 6.45) is 4.69. The van der Waals surface area contributed by atoms with E-state index in [1.54, 1.807) is 18.5 Å². The van der Waals surface area contributed by atoms with Gasteiger partial charge in [0, 0.05) is 6.07 Å². The molecule has 0 unspecified atom stereocenters. The second-order valence-corrected chi connectivity index (χ2v) is 4.13. The van der Waals surface area contributed by atoms with Crippen molar-refractivity contribution in [3.63, 3.8) is 0 Å². The first-order valence-corrected chi connectivity index (χ1v) is 5.48. The molecule has 2 aromatic rings. The third-order valence-corrected chi connectivity index (χ3v) is 3.05. The molecule has 0 spiro atoms. The quantitative estimate of drug-likeness (QED) is 0.618. The molecule has 4 heteroatoms. The minimum Gasteiger partial charge on any atom is -0.426 e. The van der Waals surface area contributed by atoms with E-state index in [0.717, 1.165) is 30.3 Å². The van der Waals surface area contributed by atoms with E-state index in [9.17, 15) is 4.79 Å². The van der Waals surface area contributed by atoms with Crippen molar-refractivity contribution in [2.45, 2.75) is 19.3 Å². The lowest BCUT2D eigenvalue weighted by Gasteiger charge is -2.22. The van der Waals surface area contributed by atoms with Crippen LogP contribution in [0.15, 0.2) is 24.5 Å². The Balaban J connectivity index is 1.80. The van der Waals surface area contributed by atoms with Crippen molar-refractivity contribution < 1.29 is 9.53 Å². The largest absolute Gasteiger partial charge is 0.426 e. The first-order valence-electron chi connectivity index (χ1n) is 5.48. The van der Waals surface area contributed by atoms with Crippen molar-refractivity contribution in [1.82, 2.24) is 9.97 Å². The van der Waals surface area contributed by atoms with Gasteiger partial charge in [-0.25, -0.2) is 4.98 Å². The first-order chi connectivity index (χ1) is 7.83. The molecule has 1 aromatic carbocycles. The number of fused-ring (bicyclic) bond motifs is 1. The summed E-state index contributed by atoms with van der Waals surface area (Å²) in [5.41, 5.74) is 1.77. The number of benzene rings is 1. The van der Waals surface area contributed by atoms with Crippen molar-refractivity contribution in [1.29, 1.82) is 0 Å². The number of carbonyl (C=O) groups excluding carboxylic acids is 1. The first kappa shape index (κ1) is 9.39. The van der Waals surface area contributed by atoms with Gasteiger partial charge in [0.1, 0.15) is 5.75 Å². The van der Waals surface area contributed by atoms with Gasteiger partial charge in [0.15, 0.2) is 0 Å². The molecule has 1 heterocycles. The highest BCUT2D eigenvalue weighted by Gasteiger charge is 2.27. The summed E-state index contributed by atoms with van der Waals surface area (Å²) < 4.78 is 5.31. The van der Waals surface area contributed by atoms with Gasteiger partial charge in [-0.3, -0.25) is 4.79 Å². The normalized spacial score (nSPS) is 16.0. The summed E-state index contributed by atoms with van der Waals surface area (Å²) in [7, 11) is 0. The van der Waals surface area contributed by atoms with Crippen molar-refractivity contribution in [2.24, 2.45) is 5.92 Å². The molecule has 3 rings (SSSR count). The van der Waals surface area contributed by atoms with Gasteiger partial charge < -0.3 is 9.72 Å². The molecule has 82 valence electrons. The maximum atomic E-state index is 11.6. The number of rotatable bonds is 2. The molecule has 0 amide bonds. The predicted octanol–water partition coefficient (Wildman–Crippen LogP) is 2.27. The van der Waals surface area contributed by atoms with Crippen LogP contribution in [0, 0.1) is 5.92 Å². The summed E-state index contributed by atoms with van der Waals surface area (Å²) in [5, 5.41) is 0. The summed E-state index contributed by atoms with van der Waals surface area (Å²) in [6, 6.07) is 5.42. The number of aromatic amines is 1. The van der Waals surface area contributed by atoms with Crippen LogP contribution in [0.5, 0.6) is 5.75 Å². The fraction of sp³-hybridized carbons (Fsp3) is 0.333. The number of nitrogens with one attached hydrogen (secondary N) is 1. The predicted molar refractivity (Wildman–Crippen MR) is 59.1 cm³/mol. The third-order valence-electron chi connectivity index (χ3n) is 3.05. The number of nitrogens with zero attached hydrogens (tertiary/aromatic N) is 1. The van der Waals surface area contributed by atoms with Gasteiger partial charge in [0.2, 0.25) is 0 Å². The molecule has 1 N–H and O–H groups in total.